The minimum absolute atomic E-state index is 0.421. The van der Waals surface area contributed by atoms with Gasteiger partial charge >= 0.3 is 0 Å². The maximum atomic E-state index is 5.84. The fraction of sp³-hybridized carbons (Fsp3) is 0.615. The van der Waals surface area contributed by atoms with E-state index in [-0.39, 0.29) is 0 Å². The number of pyridine rings is 1. The molecule has 1 heterocycles. The molecule has 1 fully saturated rings. The summed E-state index contributed by atoms with van der Waals surface area (Å²) in [5.41, 5.74) is 8.10. The van der Waals surface area contributed by atoms with Gasteiger partial charge in [-0.25, -0.2) is 0 Å². The summed E-state index contributed by atoms with van der Waals surface area (Å²) in [5.74, 6) is 0. The fourth-order valence-corrected chi connectivity index (χ4v) is 2.32. The Balaban J connectivity index is 1.96. The first-order chi connectivity index (χ1) is 7.69. The van der Waals surface area contributed by atoms with E-state index in [4.69, 9.17) is 5.73 Å². The number of nitrogens with zero attached hydrogens (tertiary/aromatic N) is 2. The molecule has 2 rings (SSSR count). The lowest BCUT2D eigenvalue weighted by molar-refractivity contribution is 0.108. The van der Waals surface area contributed by atoms with E-state index in [0.717, 1.165) is 31.6 Å². The molecule has 0 radical (unpaired) electrons. The molecule has 0 unspecified atom stereocenters. The van der Waals surface area contributed by atoms with Gasteiger partial charge in [0.2, 0.25) is 0 Å². The molecule has 0 aromatic carbocycles. The van der Waals surface area contributed by atoms with Crippen LogP contribution in [0, 0.1) is 6.92 Å². The Morgan fingerprint density at radius 2 is 2.19 bits per heavy atom. The first kappa shape index (κ1) is 11.6. The monoisotopic (exact) mass is 219 g/mol. The summed E-state index contributed by atoms with van der Waals surface area (Å²) in [6.45, 7) is 6.28. The zero-order valence-corrected chi connectivity index (χ0v) is 10.2. The smallest absolute Gasteiger partial charge is 0.0547 e. The number of hydrogen-bond acceptors (Lipinski definition) is 3. The molecule has 1 aliphatic rings. The molecular formula is C13H21N3. The SMILES string of the molecule is CCN(Cc1cccc(C)n1)C1CC(N)C1. The number of aromatic nitrogens is 1. The molecule has 3 nitrogen and oxygen atoms in total. The van der Waals surface area contributed by atoms with Gasteiger partial charge in [0, 0.05) is 24.3 Å². The van der Waals surface area contributed by atoms with E-state index in [1.165, 1.54) is 5.69 Å². The van der Waals surface area contributed by atoms with Crippen LogP contribution in [0.2, 0.25) is 0 Å². The highest BCUT2D eigenvalue weighted by Crippen LogP contribution is 2.24. The van der Waals surface area contributed by atoms with E-state index in [9.17, 15) is 0 Å². The van der Waals surface area contributed by atoms with Gasteiger partial charge in [-0.1, -0.05) is 13.0 Å². The van der Waals surface area contributed by atoms with Gasteiger partial charge in [0.05, 0.1) is 5.69 Å². The zero-order chi connectivity index (χ0) is 11.5. The third-order valence-electron chi connectivity index (χ3n) is 3.38. The molecule has 1 aliphatic carbocycles. The third kappa shape index (κ3) is 2.60. The highest BCUT2D eigenvalue weighted by molar-refractivity contribution is 5.10. The predicted molar refractivity (Wildman–Crippen MR) is 66.1 cm³/mol. The fourth-order valence-electron chi connectivity index (χ4n) is 2.32. The molecule has 2 N–H and O–H groups in total. The number of rotatable bonds is 4. The summed E-state index contributed by atoms with van der Waals surface area (Å²) in [6.07, 6.45) is 2.28. The average molecular weight is 219 g/mol. The summed E-state index contributed by atoms with van der Waals surface area (Å²) in [4.78, 5) is 7.03. The van der Waals surface area contributed by atoms with Crippen LogP contribution in [-0.2, 0) is 6.54 Å². The Hall–Kier alpha value is -0.930. The predicted octanol–water partition coefficient (Wildman–Crippen LogP) is 1.70. The lowest BCUT2D eigenvalue weighted by Gasteiger charge is -2.40. The van der Waals surface area contributed by atoms with Crippen molar-refractivity contribution >= 4 is 0 Å². The van der Waals surface area contributed by atoms with Crippen molar-refractivity contribution in [1.29, 1.82) is 0 Å². The van der Waals surface area contributed by atoms with Crippen LogP contribution in [0.25, 0.3) is 0 Å². The van der Waals surface area contributed by atoms with Crippen molar-refractivity contribution in [3.05, 3.63) is 29.6 Å². The van der Waals surface area contributed by atoms with E-state index in [1.54, 1.807) is 0 Å². The highest BCUT2D eigenvalue weighted by Gasteiger charge is 2.30. The molecule has 0 aliphatic heterocycles. The molecular weight excluding hydrogens is 198 g/mol. The minimum Gasteiger partial charge on any atom is -0.328 e. The average Bonchev–Trinajstić information content (AvgIpc) is 2.22. The zero-order valence-electron chi connectivity index (χ0n) is 10.2. The summed E-state index contributed by atoms with van der Waals surface area (Å²) in [6, 6.07) is 7.32. The van der Waals surface area contributed by atoms with Gasteiger partial charge in [-0.3, -0.25) is 9.88 Å². The molecule has 0 atom stereocenters. The van der Waals surface area contributed by atoms with Crippen LogP contribution in [0.5, 0.6) is 0 Å². The van der Waals surface area contributed by atoms with E-state index < -0.39 is 0 Å². The lowest BCUT2D eigenvalue weighted by Crippen LogP contribution is -2.50. The van der Waals surface area contributed by atoms with Gasteiger partial charge in [-0.05, 0) is 38.4 Å². The number of hydrogen-bond donors (Lipinski definition) is 1. The van der Waals surface area contributed by atoms with Crippen LogP contribution in [0.15, 0.2) is 18.2 Å². The molecule has 3 heteroatoms. The topological polar surface area (TPSA) is 42.2 Å². The van der Waals surface area contributed by atoms with Crippen molar-refractivity contribution in [2.45, 2.75) is 45.3 Å². The molecule has 1 aromatic heterocycles. The first-order valence-corrected chi connectivity index (χ1v) is 6.11. The van der Waals surface area contributed by atoms with Crippen molar-refractivity contribution in [2.24, 2.45) is 5.73 Å². The second-order valence-electron chi connectivity index (χ2n) is 4.72. The standard InChI is InChI=1S/C13H21N3/c1-3-16(13-7-11(14)8-13)9-12-6-4-5-10(2)15-12/h4-6,11,13H,3,7-9,14H2,1-2H3. The van der Waals surface area contributed by atoms with Crippen molar-refractivity contribution < 1.29 is 0 Å². The van der Waals surface area contributed by atoms with Gasteiger partial charge in [-0.2, -0.15) is 0 Å². The van der Waals surface area contributed by atoms with Gasteiger partial charge in [0.25, 0.3) is 0 Å². The van der Waals surface area contributed by atoms with Crippen LogP contribution in [0.1, 0.15) is 31.2 Å². The third-order valence-corrected chi connectivity index (χ3v) is 3.38. The van der Waals surface area contributed by atoms with E-state index >= 15 is 0 Å². The number of aryl methyl sites for hydroxylation is 1. The van der Waals surface area contributed by atoms with Gasteiger partial charge < -0.3 is 5.73 Å². The Labute approximate surface area is 97.7 Å². The second kappa shape index (κ2) is 4.93. The molecule has 0 bridgehead atoms. The van der Waals surface area contributed by atoms with Crippen LogP contribution in [-0.4, -0.2) is 28.5 Å². The van der Waals surface area contributed by atoms with Crippen LogP contribution >= 0.6 is 0 Å². The van der Waals surface area contributed by atoms with Crippen molar-refractivity contribution in [1.82, 2.24) is 9.88 Å². The summed E-state index contributed by atoms with van der Waals surface area (Å²) in [5, 5.41) is 0. The van der Waals surface area contributed by atoms with Gasteiger partial charge in [0.15, 0.2) is 0 Å². The first-order valence-electron chi connectivity index (χ1n) is 6.11. The van der Waals surface area contributed by atoms with Crippen molar-refractivity contribution in [2.75, 3.05) is 6.54 Å². The van der Waals surface area contributed by atoms with E-state index in [0.29, 0.717) is 12.1 Å². The summed E-state index contributed by atoms with van der Waals surface area (Å²) >= 11 is 0. The Kier molecular flexibility index (Phi) is 3.56. The number of nitrogens with two attached hydrogens (primary N) is 1. The maximum absolute atomic E-state index is 5.84. The lowest BCUT2D eigenvalue weighted by atomic mass is 9.86. The quantitative estimate of drug-likeness (QED) is 0.838. The summed E-state index contributed by atoms with van der Waals surface area (Å²) in [7, 11) is 0. The van der Waals surface area contributed by atoms with Crippen molar-refractivity contribution in [3.63, 3.8) is 0 Å². The molecule has 1 saturated carbocycles. The van der Waals surface area contributed by atoms with Crippen LogP contribution < -0.4 is 5.73 Å². The van der Waals surface area contributed by atoms with Crippen LogP contribution in [0.3, 0.4) is 0 Å². The largest absolute Gasteiger partial charge is 0.328 e. The Morgan fingerprint density at radius 3 is 2.75 bits per heavy atom. The van der Waals surface area contributed by atoms with E-state index in [1.807, 2.05) is 13.0 Å². The Bertz CT molecular complexity index is 345. The van der Waals surface area contributed by atoms with Gasteiger partial charge in [-0.15, -0.1) is 0 Å². The highest BCUT2D eigenvalue weighted by atomic mass is 15.2. The summed E-state index contributed by atoms with van der Waals surface area (Å²) < 4.78 is 0. The maximum Gasteiger partial charge on any atom is 0.0547 e. The molecule has 0 saturated heterocycles. The second-order valence-corrected chi connectivity index (χ2v) is 4.72. The Morgan fingerprint density at radius 1 is 1.44 bits per heavy atom. The molecule has 0 amide bonds. The van der Waals surface area contributed by atoms with Gasteiger partial charge in [0.1, 0.15) is 0 Å². The van der Waals surface area contributed by atoms with Crippen LogP contribution in [0.4, 0.5) is 0 Å². The molecule has 1 aromatic rings. The molecule has 0 spiro atoms. The normalized spacial score (nSPS) is 24.5. The van der Waals surface area contributed by atoms with Crippen molar-refractivity contribution in [3.8, 4) is 0 Å². The molecule has 88 valence electrons. The van der Waals surface area contributed by atoms with E-state index in [2.05, 4.69) is 28.9 Å². The minimum atomic E-state index is 0.421. The molecule has 16 heavy (non-hydrogen) atoms.